The average molecular weight is 1120 g/mol. The number of rotatable bonds is 58. The van der Waals surface area contributed by atoms with Crippen molar-refractivity contribution in [3.63, 3.8) is 0 Å². The molecular formula is C75H120O6. The van der Waals surface area contributed by atoms with Crippen LogP contribution in [0.3, 0.4) is 0 Å². The second-order valence-electron chi connectivity index (χ2n) is 21.3. The molecule has 0 bridgehead atoms. The highest BCUT2D eigenvalue weighted by molar-refractivity contribution is 5.71. The van der Waals surface area contributed by atoms with Gasteiger partial charge in [0.15, 0.2) is 6.10 Å². The number of hydrogen-bond acceptors (Lipinski definition) is 6. The number of esters is 3. The van der Waals surface area contributed by atoms with E-state index in [2.05, 4.69) is 179 Å². The van der Waals surface area contributed by atoms with Crippen LogP contribution in [0.5, 0.6) is 0 Å². The second-order valence-corrected chi connectivity index (χ2v) is 21.3. The normalized spacial score (nSPS) is 13.2. The molecule has 81 heavy (non-hydrogen) atoms. The fraction of sp³-hybridized carbons (Fsp3) is 0.613. The van der Waals surface area contributed by atoms with Gasteiger partial charge >= 0.3 is 17.9 Å². The molecule has 0 fully saturated rings. The number of hydrogen-bond donors (Lipinski definition) is 0. The predicted molar refractivity (Wildman–Crippen MR) is 352 cm³/mol. The molecule has 0 amide bonds. The Labute approximate surface area is 499 Å². The van der Waals surface area contributed by atoms with E-state index < -0.39 is 6.10 Å². The topological polar surface area (TPSA) is 78.9 Å². The summed E-state index contributed by atoms with van der Waals surface area (Å²) in [5.41, 5.74) is 0. The molecule has 6 nitrogen and oxygen atoms in total. The zero-order valence-corrected chi connectivity index (χ0v) is 52.2. The van der Waals surface area contributed by atoms with Crippen LogP contribution in [0.1, 0.15) is 278 Å². The van der Waals surface area contributed by atoms with E-state index in [1.807, 2.05) is 0 Å². The van der Waals surface area contributed by atoms with Crippen LogP contribution in [-0.2, 0) is 28.6 Å². The van der Waals surface area contributed by atoms with Crippen LogP contribution >= 0.6 is 0 Å². The summed E-state index contributed by atoms with van der Waals surface area (Å²) in [4.78, 5) is 38.4. The molecule has 0 saturated heterocycles. The van der Waals surface area contributed by atoms with Gasteiger partial charge in [0.05, 0.1) is 0 Å². The lowest BCUT2D eigenvalue weighted by Gasteiger charge is -2.18. The molecule has 1 unspecified atom stereocenters. The van der Waals surface area contributed by atoms with Crippen molar-refractivity contribution in [1.29, 1.82) is 0 Å². The van der Waals surface area contributed by atoms with E-state index in [-0.39, 0.29) is 31.1 Å². The van der Waals surface area contributed by atoms with Crippen molar-refractivity contribution < 1.29 is 28.6 Å². The smallest absolute Gasteiger partial charge is 0.306 e. The summed E-state index contributed by atoms with van der Waals surface area (Å²) < 4.78 is 16.9. The Balaban J connectivity index is 4.50. The Morgan fingerprint density at radius 1 is 0.259 bits per heavy atom. The van der Waals surface area contributed by atoms with Crippen molar-refractivity contribution in [3.8, 4) is 0 Å². The number of carbonyl (C=O) groups is 3. The third-order valence-electron chi connectivity index (χ3n) is 13.5. The van der Waals surface area contributed by atoms with E-state index >= 15 is 0 Å². The number of carbonyl (C=O) groups excluding carboxylic acids is 3. The van der Waals surface area contributed by atoms with Gasteiger partial charge in [0.2, 0.25) is 0 Å². The third-order valence-corrected chi connectivity index (χ3v) is 13.5. The van der Waals surface area contributed by atoms with Crippen LogP contribution in [0.2, 0.25) is 0 Å². The molecule has 0 aromatic rings. The van der Waals surface area contributed by atoms with Crippen LogP contribution < -0.4 is 0 Å². The first kappa shape index (κ1) is 76.0. The highest BCUT2D eigenvalue weighted by atomic mass is 16.6. The van der Waals surface area contributed by atoms with Crippen LogP contribution in [0, 0.1) is 0 Å². The van der Waals surface area contributed by atoms with E-state index in [1.54, 1.807) is 0 Å². The van der Waals surface area contributed by atoms with E-state index in [9.17, 15) is 14.4 Å². The van der Waals surface area contributed by atoms with Crippen molar-refractivity contribution in [2.45, 2.75) is 284 Å². The van der Waals surface area contributed by atoms with Crippen molar-refractivity contribution in [3.05, 3.63) is 158 Å². The predicted octanol–water partition coefficient (Wildman–Crippen LogP) is 22.9. The Morgan fingerprint density at radius 3 is 0.753 bits per heavy atom. The summed E-state index contributed by atoms with van der Waals surface area (Å²) in [6.07, 6.45) is 98.1. The first-order valence-corrected chi connectivity index (χ1v) is 33.0. The highest BCUT2D eigenvalue weighted by Crippen LogP contribution is 2.14. The van der Waals surface area contributed by atoms with Crippen molar-refractivity contribution in [2.24, 2.45) is 0 Å². The molecular weight excluding hydrogens is 997 g/mol. The lowest BCUT2D eigenvalue weighted by atomic mass is 10.1. The lowest BCUT2D eigenvalue weighted by molar-refractivity contribution is -0.167. The van der Waals surface area contributed by atoms with Gasteiger partial charge in [-0.3, -0.25) is 14.4 Å². The van der Waals surface area contributed by atoms with Gasteiger partial charge in [-0.15, -0.1) is 0 Å². The Kier molecular flexibility index (Phi) is 63.4. The maximum Gasteiger partial charge on any atom is 0.306 e. The van der Waals surface area contributed by atoms with E-state index in [0.29, 0.717) is 19.3 Å². The molecule has 0 heterocycles. The van der Waals surface area contributed by atoms with E-state index in [0.717, 1.165) is 173 Å². The third kappa shape index (κ3) is 65.7. The number of allylic oxidation sites excluding steroid dienone is 26. The van der Waals surface area contributed by atoms with Crippen molar-refractivity contribution >= 4 is 17.9 Å². The van der Waals surface area contributed by atoms with Gasteiger partial charge in [0.1, 0.15) is 13.2 Å². The minimum atomic E-state index is -0.812. The SMILES string of the molecule is CC/C=C\C/C=C\C/C=C\C/C=C\C/C=C\C/C=C\CCCCCCCCC(=O)OCC(COC(=O)CCCCCC/C=C\C/C=C\C/C=C\C/C=C\CC)OC(=O)CCCCCCCC/C=C\C/C=C\C/C=C\CCCCCCC. The van der Waals surface area contributed by atoms with Gasteiger partial charge in [-0.05, 0) is 148 Å². The summed E-state index contributed by atoms with van der Waals surface area (Å²) in [5.74, 6) is -0.957. The molecule has 0 saturated carbocycles. The minimum Gasteiger partial charge on any atom is -0.462 e. The summed E-state index contributed by atoms with van der Waals surface area (Å²) in [5, 5.41) is 0. The summed E-state index contributed by atoms with van der Waals surface area (Å²) in [7, 11) is 0. The zero-order valence-electron chi connectivity index (χ0n) is 52.2. The van der Waals surface area contributed by atoms with E-state index in [4.69, 9.17) is 14.2 Å². The molecule has 0 aromatic carbocycles. The maximum absolute atomic E-state index is 12.9. The van der Waals surface area contributed by atoms with Crippen molar-refractivity contribution in [2.75, 3.05) is 13.2 Å². The molecule has 6 heteroatoms. The zero-order chi connectivity index (χ0) is 58.5. The fourth-order valence-corrected chi connectivity index (χ4v) is 8.62. The van der Waals surface area contributed by atoms with Crippen molar-refractivity contribution in [1.82, 2.24) is 0 Å². The molecule has 0 aromatic heterocycles. The molecule has 1 atom stereocenters. The molecule has 0 aliphatic rings. The molecule has 0 N–H and O–H groups in total. The number of unbranched alkanes of at least 4 members (excludes halogenated alkanes) is 21. The maximum atomic E-state index is 12.9. The second kappa shape index (κ2) is 67.5. The van der Waals surface area contributed by atoms with Gasteiger partial charge in [0.25, 0.3) is 0 Å². The van der Waals surface area contributed by atoms with Gasteiger partial charge < -0.3 is 14.2 Å². The van der Waals surface area contributed by atoms with Gasteiger partial charge in [0, 0.05) is 19.3 Å². The molecule has 0 spiro atoms. The lowest BCUT2D eigenvalue weighted by Crippen LogP contribution is -2.30. The van der Waals surface area contributed by atoms with E-state index in [1.165, 1.54) is 64.2 Å². The average Bonchev–Trinajstić information content (AvgIpc) is 3.47. The quantitative estimate of drug-likeness (QED) is 0.0261. The summed E-state index contributed by atoms with van der Waals surface area (Å²) >= 11 is 0. The van der Waals surface area contributed by atoms with Crippen LogP contribution in [0.4, 0.5) is 0 Å². The standard InChI is InChI=1S/C75H120O6/c1-4-7-10-13-16-19-22-25-28-31-33-35-36-37-38-40-41-44-47-50-53-56-59-62-65-68-74(77)80-71-72(70-79-73(76)67-64-61-58-55-52-49-46-43-30-27-24-21-18-15-12-9-6-3)81-75(78)69-66-63-60-57-54-51-48-45-42-39-34-32-29-26-23-20-17-14-11-8-5-2/h7,9-10,12,16,18-19,21,23,25-28,30,32-35,37-38,41-42,44-46,49,72H,4-6,8,11,13-15,17,20,22,24,29,31,36,39-40,43,47-48,50-71H2,1-3H3/b10-7-,12-9-,19-16-,21-18-,26-23-,28-25-,30-27-,34-32-,35-33-,38-37-,44-41-,45-42-,49-46-. The summed E-state index contributed by atoms with van der Waals surface area (Å²) in [6, 6.07) is 0. The van der Waals surface area contributed by atoms with Gasteiger partial charge in [-0.2, -0.15) is 0 Å². The molecule has 0 radical (unpaired) electrons. The largest absolute Gasteiger partial charge is 0.462 e. The van der Waals surface area contributed by atoms with Gasteiger partial charge in [-0.1, -0.05) is 269 Å². The van der Waals surface area contributed by atoms with Crippen LogP contribution in [0.15, 0.2) is 158 Å². The monoisotopic (exact) mass is 1120 g/mol. The molecule has 0 aliphatic heterocycles. The first-order chi connectivity index (χ1) is 40.0. The minimum absolute atomic E-state index is 0.106. The molecule has 456 valence electrons. The first-order valence-electron chi connectivity index (χ1n) is 33.0. The highest BCUT2D eigenvalue weighted by Gasteiger charge is 2.19. The summed E-state index contributed by atoms with van der Waals surface area (Å²) in [6.45, 7) is 6.36. The fourth-order valence-electron chi connectivity index (χ4n) is 8.62. The molecule has 0 aliphatic carbocycles. The Hall–Kier alpha value is -4.97. The van der Waals surface area contributed by atoms with Gasteiger partial charge in [-0.25, -0.2) is 0 Å². The van der Waals surface area contributed by atoms with Crippen LogP contribution in [0.25, 0.3) is 0 Å². The molecule has 0 rings (SSSR count). The van der Waals surface area contributed by atoms with Crippen LogP contribution in [-0.4, -0.2) is 37.2 Å². The Bertz CT molecular complexity index is 1810. The number of ether oxygens (including phenoxy) is 3. The Morgan fingerprint density at radius 2 is 0.481 bits per heavy atom.